The Balaban J connectivity index is 2.45. The molecule has 2 rings (SSSR count). The molecule has 1 aromatic rings. The van der Waals surface area contributed by atoms with Gasteiger partial charge in [-0.1, -0.05) is 0 Å². The number of pyridine rings is 1. The molecule has 0 saturated carbocycles. The van der Waals surface area contributed by atoms with Crippen molar-refractivity contribution >= 4 is 11.8 Å². The second-order valence-electron chi connectivity index (χ2n) is 3.75. The molecule has 16 heavy (non-hydrogen) atoms. The van der Waals surface area contributed by atoms with Crippen molar-refractivity contribution in [3.05, 3.63) is 35.7 Å². The third-order valence-corrected chi connectivity index (χ3v) is 2.32. The van der Waals surface area contributed by atoms with Crippen LogP contribution >= 0.6 is 0 Å². The molecule has 7 N–H and O–H groups in total. The SMILES string of the molecule is CC1=CC(N)(c2ccc(N)nc2)N=C(N)N1. The molecule has 0 fully saturated rings. The summed E-state index contributed by atoms with van der Waals surface area (Å²) in [7, 11) is 0. The van der Waals surface area contributed by atoms with E-state index in [1.54, 1.807) is 24.4 Å². The lowest BCUT2D eigenvalue weighted by atomic mass is 10.0. The third kappa shape index (κ3) is 1.82. The maximum atomic E-state index is 6.15. The zero-order valence-electron chi connectivity index (χ0n) is 8.94. The van der Waals surface area contributed by atoms with E-state index in [2.05, 4.69) is 15.3 Å². The molecule has 1 atom stereocenters. The summed E-state index contributed by atoms with van der Waals surface area (Å²) in [5.74, 6) is 0.735. The monoisotopic (exact) mass is 218 g/mol. The number of aliphatic imine (C=N–C) groups is 1. The van der Waals surface area contributed by atoms with Crippen LogP contribution in [0.15, 0.2) is 35.1 Å². The lowest BCUT2D eigenvalue weighted by molar-refractivity contribution is 0.571. The summed E-state index contributed by atoms with van der Waals surface area (Å²) in [5, 5.41) is 2.88. The number of allylic oxidation sites excluding steroid dienone is 1. The fourth-order valence-corrected chi connectivity index (χ4v) is 1.62. The molecule has 6 heteroatoms. The summed E-state index contributed by atoms with van der Waals surface area (Å²) in [6.45, 7) is 1.87. The Morgan fingerprint density at radius 2 is 2.06 bits per heavy atom. The Kier molecular flexibility index (Phi) is 2.28. The molecular formula is C10H14N6. The van der Waals surface area contributed by atoms with E-state index in [1.165, 1.54) is 0 Å². The average molecular weight is 218 g/mol. The summed E-state index contributed by atoms with van der Waals surface area (Å²) < 4.78 is 0. The first-order chi connectivity index (χ1) is 7.49. The Morgan fingerprint density at radius 3 is 2.62 bits per heavy atom. The molecule has 6 nitrogen and oxygen atoms in total. The zero-order valence-corrected chi connectivity index (χ0v) is 8.94. The zero-order chi connectivity index (χ0) is 11.8. The maximum absolute atomic E-state index is 6.15. The van der Waals surface area contributed by atoms with Crippen LogP contribution in [0.5, 0.6) is 0 Å². The standard InChI is InChI=1S/C10H14N6/c1-6-4-10(13,16-9(12)15-6)7-2-3-8(11)14-5-7/h2-5H,13H2,1H3,(H2,11,14)(H3,12,15,16). The van der Waals surface area contributed by atoms with Crippen LogP contribution in [0.1, 0.15) is 12.5 Å². The summed E-state index contributed by atoms with van der Waals surface area (Å²) >= 11 is 0. The first-order valence-corrected chi connectivity index (χ1v) is 4.82. The fourth-order valence-electron chi connectivity index (χ4n) is 1.62. The van der Waals surface area contributed by atoms with Gasteiger partial charge in [0.15, 0.2) is 11.6 Å². The largest absolute Gasteiger partial charge is 0.384 e. The van der Waals surface area contributed by atoms with E-state index in [1.807, 2.05) is 6.92 Å². The average Bonchev–Trinajstić information content (AvgIpc) is 2.16. The first kappa shape index (κ1) is 10.4. The number of hydrogen-bond donors (Lipinski definition) is 4. The summed E-state index contributed by atoms with van der Waals surface area (Å²) in [6, 6.07) is 3.47. The maximum Gasteiger partial charge on any atom is 0.195 e. The molecule has 1 unspecified atom stereocenters. The summed E-state index contributed by atoms with van der Waals surface area (Å²) in [4.78, 5) is 8.16. The number of nitrogen functional groups attached to an aromatic ring is 1. The van der Waals surface area contributed by atoms with Gasteiger partial charge < -0.3 is 16.8 Å². The minimum atomic E-state index is -0.972. The van der Waals surface area contributed by atoms with E-state index in [4.69, 9.17) is 17.2 Å². The predicted molar refractivity (Wildman–Crippen MR) is 63.0 cm³/mol. The van der Waals surface area contributed by atoms with Gasteiger partial charge in [0.05, 0.1) is 0 Å². The smallest absolute Gasteiger partial charge is 0.195 e. The van der Waals surface area contributed by atoms with E-state index in [0.29, 0.717) is 11.8 Å². The number of nitrogens with two attached hydrogens (primary N) is 3. The van der Waals surface area contributed by atoms with Crippen molar-refractivity contribution in [2.24, 2.45) is 16.5 Å². The molecule has 0 aromatic carbocycles. The highest BCUT2D eigenvalue weighted by Gasteiger charge is 2.27. The van der Waals surface area contributed by atoms with E-state index in [-0.39, 0.29) is 0 Å². The Hall–Kier alpha value is -2.08. The highest BCUT2D eigenvalue weighted by molar-refractivity contribution is 5.81. The van der Waals surface area contributed by atoms with Crippen molar-refractivity contribution in [2.75, 3.05) is 5.73 Å². The number of anilines is 1. The van der Waals surface area contributed by atoms with Gasteiger partial charge in [-0.2, -0.15) is 0 Å². The minimum absolute atomic E-state index is 0.291. The van der Waals surface area contributed by atoms with Gasteiger partial charge in [-0.3, -0.25) is 5.73 Å². The number of rotatable bonds is 1. The van der Waals surface area contributed by atoms with Crippen LogP contribution in [0.3, 0.4) is 0 Å². The van der Waals surface area contributed by atoms with Gasteiger partial charge >= 0.3 is 0 Å². The molecule has 0 saturated heterocycles. The lowest BCUT2D eigenvalue weighted by Crippen LogP contribution is -2.44. The normalized spacial score (nSPS) is 24.4. The number of nitrogens with zero attached hydrogens (tertiary/aromatic N) is 2. The molecule has 1 aliphatic rings. The third-order valence-electron chi connectivity index (χ3n) is 2.32. The van der Waals surface area contributed by atoms with Gasteiger partial charge in [-0.15, -0.1) is 0 Å². The summed E-state index contributed by atoms with van der Waals surface area (Å²) in [6.07, 6.45) is 3.39. The quantitative estimate of drug-likeness (QED) is 0.511. The highest BCUT2D eigenvalue weighted by atomic mass is 15.2. The van der Waals surface area contributed by atoms with Crippen molar-refractivity contribution in [1.82, 2.24) is 10.3 Å². The molecule has 0 amide bonds. The highest BCUT2D eigenvalue weighted by Crippen LogP contribution is 2.24. The van der Waals surface area contributed by atoms with Crippen molar-refractivity contribution in [3.63, 3.8) is 0 Å². The van der Waals surface area contributed by atoms with Crippen molar-refractivity contribution < 1.29 is 0 Å². The molecule has 2 heterocycles. The van der Waals surface area contributed by atoms with Crippen LogP contribution < -0.4 is 22.5 Å². The topological polar surface area (TPSA) is 115 Å². The van der Waals surface area contributed by atoms with E-state index in [0.717, 1.165) is 11.3 Å². The van der Waals surface area contributed by atoms with Crippen LogP contribution in [-0.4, -0.2) is 10.9 Å². The van der Waals surface area contributed by atoms with Crippen LogP contribution in [0.4, 0.5) is 5.82 Å². The van der Waals surface area contributed by atoms with Gasteiger partial charge in [-0.05, 0) is 25.1 Å². The number of aromatic nitrogens is 1. The molecule has 0 aliphatic carbocycles. The molecule has 0 spiro atoms. The van der Waals surface area contributed by atoms with Crippen molar-refractivity contribution in [2.45, 2.75) is 12.6 Å². The van der Waals surface area contributed by atoms with Crippen LogP contribution in [0, 0.1) is 0 Å². The van der Waals surface area contributed by atoms with Gasteiger partial charge in [0.1, 0.15) is 5.82 Å². The van der Waals surface area contributed by atoms with E-state index in [9.17, 15) is 0 Å². The number of guanidine groups is 1. The molecular weight excluding hydrogens is 204 g/mol. The van der Waals surface area contributed by atoms with Crippen LogP contribution in [-0.2, 0) is 5.66 Å². The number of hydrogen-bond acceptors (Lipinski definition) is 6. The molecule has 0 bridgehead atoms. The van der Waals surface area contributed by atoms with Gasteiger partial charge in [0, 0.05) is 17.5 Å². The second-order valence-corrected chi connectivity index (χ2v) is 3.75. The molecule has 84 valence electrons. The molecule has 0 radical (unpaired) electrons. The van der Waals surface area contributed by atoms with Crippen LogP contribution in [0.25, 0.3) is 0 Å². The first-order valence-electron chi connectivity index (χ1n) is 4.82. The lowest BCUT2D eigenvalue weighted by Gasteiger charge is -2.27. The van der Waals surface area contributed by atoms with E-state index >= 15 is 0 Å². The van der Waals surface area contributed by atoms with Gasteiger partial charge in [-0.25, -0.2) is 9.98 Å². The molecule has 1 aromatic heterocycles. The minimum Gasteiger partial charge on any atom is -0.384 e. The van der Waals surface area contributed by atoms with Gasteiger partial charge in [0.2, 0.25) is 0 Å². The van der Waals surface area contributed by atoms with Gasteiger partial charge in [0.25, 0.3) is 0 Å². The van der Waals surface area contributed by atoms with Crippen LogP contribution in [0.2, 0.25) is 0 Å². The second kappa shape index (κ2) is 3.49. The Morgan fingerprint density at radius 1 is 1.31 bits per heavy atom. The Bertz CT molecular complexity index is 441. The van der Waals surface area contributed by atoms with Crippen molar-refractivity contribution in [1.29, 1.82) is 0 Å². The van der Waals surface area contributed by atoms with Crippen molar-refractivity contribution in [3.8, 4) is 0 Å². The molecule has 1 aliphatic heterocycles. The summed E-state index contributed by atoms with van der Waals surface area (Å²) in [5.41, 5.74) is 17.9. The number of nitrogens with one attached hydrogen (secondary N) is 1. The predicted octanol–water partition coefficient (Wildman–Crippen LogP) is -0.403. The Labute approximate surface area is 93.2 Å². The fraction of sp³-hybridized carbons (Fsp3) is 0.200. The van der Waals surface area contributed by atoms with E-state index < -0.39 is 5.66 Å².